The highest BCUT2D eigenvalue weighted by molar-refractivity contribution is 7.98. The van der Waals surface area contributed by atoms with E-state index in [0.29, 0.717) is 16.4 Å². The monoisotopic (exact) mass is 450 g/mol. The van der Waals surface area contributed by atoms with Gasteiger partial charge in [0, 0.05) is 27.8 Å². The number of rotatable bonds is 7. The van der Waals surface area contributed by atoms with Crippen LogP contribution in [0.3, 0.4) is 0 Å². The lowest BCUT2D eigenvalue weighted by Gasteiger charge is -2.09. The lowest BCUT2D eigenvalue weighted by molar-refractivity contribution is 0.0947. The number of H-pyrrole nitrogens is 1. The normalized spacial score (nSPS) is 11.3. The van der Waals surface area contributed by atoms with E-state index in [0.717, 1.165) is 10.5 Å². The number of thioether (sulfide) groups is 1. The van der Waals surface area contributed by atoms with E-state index in [9.17, 15) is 13.2 Å². The van der Waals surface area contributed by atoms with Crippen molar-refractivity contribution in [2.45, 2.75) is 23.4 Å². The summed E-state index contributed by atoms with van der Waals surface area (Å²) in [5, 5.41) is 9.28. The second-order valence-corrected chi connectivity index (χ2v) is 9.09. The van der Waals surface area contributed by atoms with Gasteiger partial charge in [-0.2, -0.15) is 13.5 Å². The molecule has 1 aromatic heterocycles. The van der Waals surface area contributed by atoms with E-state index in [4.69, 9.17) is 11.6 Å². The van der Waals surface area contributed by atoms with Crippen LogP contribution < -0.4 is 10.0 Å². The summed E-state index contributed by atoms with van der Waals surface area (Å²) in [6.45, 7) is 1.86. The van der Waals surface area contributed by atoms with Gasteiger partial charge in [-0.15, -0.1) is 11.8 Å². The molecule has 29 heavy (non-hydrogen) atoms. The molecule has 1 heterocycles. The maximum Gasteiger partial charge on any atom is 0.282 e. The predicted molar refractivity (Wildman–Crippen MR) is 115 cm³/mol. The number of carbonyl (C=O) groups is 1. The summed E-state index contributed by atoms with van der Waals surface area (Å²) in [7, 11) is -4.07. The Bertz CT molecular complexity index is 1110. The zero-order valence-corrected chi connectivity index (χ0v) is 18.1. The molecule has 0 saturated heterocycles. The van der Waals surface area contributed by atoms with Gasteiger partial charge in [-0.1, -0.05) is 23.7 Å². The highest BCUT2D eigenvalue weighted by atomic mass is 35.5. The van der Waals surface area contributed by atoms with Crippen LogP contribution in [0, 0.1) is 6.92 Å². The first kappa shape index (κ1) is 21.2. The molecule has 0 radical (unpaired) electrons. The lowest BCUT2D eigenvalue weighted by Crippen LogP contribution is -2.26. The van der Waals surface area contributed by atoms with Crippen LogP contribution in [-0.4, -0.2) is 30.8 Å². The number of hydrogen-bond acceptors (Lipinski definition) is 5. The Balaban J connectivity index is 1.78. The SMILES string of the molecule is CSc1ccc(CNC(=O)c2c(S(=O)(=O)Nc3ccc(Cl)cc3)n[nH]c2C)cc1. The molecule has 0 spiro atoms. The summed E-state index contributed by atoms with van der Waals surface area (Å²) >= 11 is 7.45. The summed E-state index contributed by atoms with van der Waals surface area (Å²) in [6, 6.07) is 13.9. The van der Waals surface area contributed by atoms with Gasteiger partial charge >= 0.3 is 0 Å². The number of aromatic nitrogens is 2. The topological polar surface area (TPSA) is 104 Å². The first-order valence-corrected chi connectivity index (χ1v) is 11.6. The van der Waals surface area contributed by atoms with Crippen LogP contribution in [0.15, 0.2) is 58.5 Å². The number of carbonyl (C=O) groups excluding carboxylic acids is 1. The first-order chi connectivity index (χ1) is 13.8. The van der Waals surface area contributed by atoms with Gasteiger partial charge in [-0.05, 0) is 55.1 Å². The van der Waals surface area contributed by atoms with Gasteiger partial charge in [0.15, 0.2) is 0 Å². The van der Waals surface area contributed by atoms with Gasteiger partial charge in [0.2, 0.25) is 5.03 Å². The van der Waals surface area contributed by atoms with Crippen molar-refractivity contribution < 1.29 is 13.2 Å². The second-order valence-electron chi connectivity index (χ2n) is 6.17. The molecule has 0 aliphatic heterocycles. The highest BCUT2D eigenvalue weighted by Crippen LogP contribution is 2.21. The van der Waals surface area contributed by atoms with E-state index in [2.05, 4.69) is 20.2 Å². The van der Waals surface area contributed by atoms with Crippen molar-refractivity contribution in [2.24, 2.45) is 0 Å². The smallest absolute Gasteiger partial charge is 0.282 e. The van der Waals surface area contributed by atoms with Crippen LogP contribution in [-0.2, 0) is 16.6 Å². The van der Waals surface area contributed by atoms with Crippen molar-refractivity contribution in [3.8, 4) is 0 Å². The molecule has 0 atom stereocenters. The van der Waals surface area contributed by atoms with E-state index in [1.807, 2.05) is 30.5 Å². The molecular weight excluding hydrogens is 432 g/mol. The molecule has 0 bridgehead atoms. The quantitative estimate of drug-likeness (QED) is 0.474. The van der Waals surface area contributed by atoms with Crippen molar-refractivity contribution in [1.29, 1.82) is 0 Å². The molecule has 3 rings (SSSR count). The lowest BCUT2D eigenvalue weighted by atomic mass is 10.2. The maximum atomic E-state index is 12.8. The minimum atomic E-state index is -4.07. The molecule has 0 aliphatic rings. The van der Waals surface area contributed by atoms with Crippen LogP contribution in [0.4, 0.5) is 5.69 Å². The van der Waals surface area contributed by atoms with E-state index >= 15 is 0 Å². The molecule has 0 saturated carbocycles. The van der Waals surface area contributed by atoms with E-state index < -0.39 is 15.9 Å². The van der Waals surface area contributed by atoms with E-state index in [-0.39, 0.29) is 17.1 Å². The molecule has 1 amide bonds. The Hall–Kier alpha value is -2.49. The number of halogens is 1. The average molecular weight is 451 g/mol. The van der Waals surface area contributed by atoms with Crippen molar-refractivity contribution in [3.63, 3.8) is 0 Å². The second kappa shape index (κ2) is 8.89. The fraction of sp³-hybridized carbons (Fsp3) is 0.158. The third kappa shape index (κ3) is 5.11. The van der Waals surface area contributed by atoms with Crippen molar-refractivity contribution in [2.75, 3.05) is 11.0 Å². The summed E-state index contributed by atoms with van der Waals surface area (Å²) in [4.78, 5) is 13.8. The molecular formula is C19H19ClN4O3S2. The predicted octanol–water partition coefficient (Wildman–Crippen LogP) is 3.82. The zero-order chi connectivity index (χ0) is 21.0. The fourth-order valence-corrected chi connectivity index (χ4v) is 4.36. The van der Waals surface area contributed by atoms with Crippen molar-refractivity contribution >= 4 is 45.0 Å². The molecule has 3 N–H and O–H groups in total. The molecule has 3 aromatic rings. The number of aromatic amines is 1. The van der Waals surface area contributed by atoms with Gasteiger partial charge < -0.3 is 5.32 Å². The van der Waals surface area contributed by atoms with E-state index in [1.165, 1.54) is 12.1 Å². The standard InChI is InChI=1S/C19H19ClN4O3S2/c1-12-17(18(25)21-11-13-3-9-16(28-2)10-4-13)19(23-22-12)29(26,27)24-15-7-5-14(20)6-8-15/h3-10,24H,11H2,1-2H3,(H,21,25)(H,22,23). The van der Waals surface area contributed by atoms with Gasteiger partial charge in [0.1, 0.15) is 5.56 Å². The molecule has 0 unspecified atom stereocenters. The molecule has 0 fully saturated rings. The summed E-state index contributed by atoms with van der Waals surface area (Å²) in [6.07, 6.45) is 1.98. The van der Waals surface area contributed by atoms with Crippen LogP contribution >= 0.6 is 23.4 Å². The third-order valence-electron chi connectivity index (χ3n) is 4.10. The summed E-state index contributed by atoms with van der Waals surface area (Å²) in [5.74, 6) is -0.526. The van der Waals surface area contributed by atoms with Gasteiger partial charge in [0.25, 0.3) is 15.9 Å². The van der Waals surface area contributed by atoms with Crippen LogP contribution in [0.2, 0.25) is 5.02 Å². The van der Waals surface area contributed by atoms with Gasteiger partial charge in [-0.25, -0.2) is 0 Å². The van der Waals surface area contributed by atoms with Crippen molar-refractivity contribution in [3.05, 3.63) is 70.4 Å². The number of aryl methyl sites for hydroxylation is 1. The Morgan fingerprint density at radius 2 is 1.79 bits per heavy atom. The fourth-order valence-electron chi connectivity index (χ4n) is 2.60. The largest absolute Gasteiger partial charge is 0.348 e. The number of sulfonamides is 1. The Kier molecular flexibility index (Phi) is 6.51. The van der Waals surface area contributed by atoms with Gasteiger partial charge in [-0.3, -0.25) is 14.6 Å². The molecule has 152 valence electrons. The van der Waals surface area contributed by atoms with Crippen molar-refractivity contribution in [1.82, 2.24) is 15.5 Å². The summed E-state index contributed by atoms with van der Waals surface area (Å²) < 4.78 is 27.9. The molecule has 0 aliphatic carbocycles. The molecule has 10 heteroatoms. The summed E-state index contributed by atoms with van der Waals surface area (Å²) in [5.41, 5.74) is 1.56. The number of amides is 1. The Labute approximate surface area is 178 Å². The number of benzene rings is 2. The zero-order valence-electron chi connectivity index (χ0n) is 15.7. The minimum absolute atomic E-state index is 0.0211. The van der Waals surface area contributed by atoms with Crippen LogP contribution in [0.1, 0.15) is 21.6 Å². The minimum Gasteiger partial charge on any atom is -0.348 e. The average Bonchev–Trinajstić information content (AvgIpc) is 3.10. The highest BCUT2D eigenvalue weighted by Gasteiger charge is 2.28. The van der Waals surface area contributed by atoms with Gasteiger partial charge in [0.05, 0.1) is 0 Å². The molecule has 7 nitrogen and oxygen atoms in total. The number of anilines is 1. The number of nitrogens with one attached hydrogen (secondary N) is 3. The first-order valence-electron chi connectivity index (χ1n) is 8.54. The number of nitrogens with zero attached hydrogens (tertiary/aromatic N) is 1. The maximum absolute atomic E-state index is 12.8. The molecule has 2 aromatic carbocycles. The number of hydrogen-bond donors (Lipinski definition) is 3. The van der Waals surface area contributed by atoms with Crippen LogP contribution in [0.25, 0.3) is 0 Å². The Morgan fingerprint density at radius 3 is 2.41 bits per heavy atom. The Morgan fingerprint density at radius 1 is 1.14 bits per heavy atom. The van der Waals surface area contributed by atoms with E-state index in [1.54, 1.807) is 30.8 Å². The third-order valence-corrected chi connectivity index (χ3v) is 6.41. The van der Waals surface area contributed by atoms with Crippen LogP contribution in [0.5, 0.6) is 0 Å².